The number of hydrogen-bond donors (Lipinski definition) is 0. The maximum absolute atomic E-state index is 13.3. The molecule has 0 aliphatic carbocycles. The highest BCUT2D eigenvalue weighted by Crippen LogP contribution is 2.41. The second-order valence-corrected chi connectivity index (χ2v) is 9.59. The molecule has 1 fully saturated rings. The Bertz CT molecular complexity index is 1230. The Kier molecular flexibility index (Phi) is 6.54. The molecule has 0 bridgehead atoms. The first-order valence-corrected chi connectivity index (χ1v) is 12.6. The van der Waals surface area contributed by atoms with Crippen LogP contribution >= 0.6 is 11.8 Å². The molecule has 0 N–H and O–H groups in total. The number of furan rings is 1. The van der Waals surface area contributed by atoms with Crippen LogP contribution in [0.4, 0.5) is 5.69 Å². The largest absolute Gasteiger partial charge is 0.459 e. The van der Waals surface area contributed by atoms with Crippen LogP contribution in [0.25, 0.3) is 0 Å². The number of carbonyl (C=O) groups excluding carboxylic acids is 2. The molecule has 1 aromatic heterocycles. The Morgan fingerprint density at radius 3 is 2.44 bits per heavy atom. The zero-order chi connectivity index (χ0) is 23.5. The molecule has 34 heavy (non-hydrogen) atoms. The third-order valence-electron chi connectivity index (χ3n) is 6.23. The fourth-order valence-electron chi connectivity index (χ4n) is 4.33. The summed E-state index contributed by atoms with van der Waals surface area (Å²) in [5, 5.41) is 0. The van der Waals surface area contributed by atoms with Gasteiger partial charge in [0.1, 0.15) is 0 Å². The zero-order valence-electron chi connectivity index (χ0n) is 19.2. The van der Waals surface area contributed by atoms with Crippen LogP contribution in [0.2, 0.25) is 0 Å². The average Bonchev–Trinajstić information content (AvgIpc) is 3.37. The third kappa shape index (κ3) is 4.53. The van der Waals surface area contributed by atoms with Gasteiger partial charge in [0.2, 0.25) is 0 Å². The molecular formula is C27H27N3O3S. The van der Waals surface area contributed by atoms with Crippen molar-refractivity contribution in [1.82, 2.24) is 9.80 Å². The van der Waals surface area contributed by atoms with Crippen molar-refractivity contribution >= 4 is 35.0 Å². The molecule has 0 radical (unpaired) electrons. The third-order valence-corrected chi connectivity index (χ3v) is 7.37. The van der Waals surface area contributed by atoms with E-state index < -0.39 is 0 Å². The molecule has 0 saturated carbocycles. The molecule has 2 aromatic carbocycles. The van der Waals surface area contributed by atoms with Crippen LogP contribution in [0.15, 0.2) is 80.1 Å². The highest BCUT2D eigenvalue weighted by atomic mass is 32.2. The summed E-state index contributed by atoms with van der Waals surface area (Å²) in [5.74, 6) is 0.179. The van der Waals surface area contributed by atoms with Crippen molar-refractivity contribution in [2.75, 3.05) is 26.2 Å². The molecule has 1 saturated heterocycles. The van der Waals surface area contributed by atoms with Crippen LogP contribution in [0.3, 0.4) is 0 Å². The Hall–Kier alpha value is -3.32. The molecule has 6 nitrogen and oxygen atoms in total. The van der Waals surface area contributed by atoms with Crippen LogP contribution in [-0.2, 0) is 0 Å². The number of piperazine rings is 1. The molecule has 174 valence electrons. The summed E-state index contributed by atoms with van der Waals surface area (Å²) in [5.41, 5.74) is 3.75. The van der Waals surface area contributed by atoms with Gasteiger partial charge in [0.05, 0.1) is 12.0 Å². The summed E-state index contributed by atoms with van der Waals surface area (Å²) in [7, 11) is 0. The van der Waals surface area contributed by atoms with Gasteiger partial charge in [0.25, 0.3) is 11.8 Å². The van der Waals surface area contributed by atoms with Gasteiger partial charge < -0.3 is 14.2 Å². The minimum atomic E-state index is -0.132. The van der Waals surface area contributed by atoms with Gasteiger partial charge in [-0.25, -0.2) is 0 Å². The van der Waals surface area contributed by atoms with Gasteiger partial charge in [-0.05, 0) is 49.2 Å². The van der Waals surface area contributed by atoms with E-state index in [1.165, 1.54) is 16.7 Å². The first-order valence-electron chi connectivity index (χ1n) is 11.7. The van der Waals surface area contributed by atoms with Crippen molar-refractivity contribution in [3.8, 4) is 0 Å². The zero-order valence-corrected chi connectivity index (χ0v) is 20.0. The van der Waals surface area contributed by atoms with Crippen molar-refractivity contribution in [2.45, 2.75) is 36.0 Å². The maximum Gasteiger partial charge on any atom is 0.289 e. The Balaban J connectivity index is 1.34. The lowest BCUT2D eigenvalue weighted by atomic mass is 10.0. The quantitative estimate of drug-likeness (QED) is 0.480. The minimum absolute atomic E-state index is 0.0232. The van der Waals surface area contributed by atoms with E-state index in [-0.39, 0.29) is 11.8 Å². The fraction of sp³-hybridized carbons (Fsp3) is 0.296. The molecule has 2 aliphatic heterocycles. The number of hydrogen-bond acceptors (Lipinski definition) is 5. The fourth-order valence-corrected chi connectivity index (χ4v) is 5.35. The normalized spacial score (nSPS) is 15.3. The van der Waals surface area contributed by atoms with Crippen LogP contribution in [0, 0.1) is 0 Å². The number of carbonyl (C=O) groups is 2. The topological polar surface area (TPSA) is 66.1 Å². The molecule has 0 unspecified atom stereocenters. The molecule has 7 heteroatoms. The molecule has 5 rings (SSSR count). The first kappa shape index (κ1) is 22.5. The van der Waals surface area contributed by atoms with E-state index in [1.807, 2.05) is 23.1 Å². The first-order chi connectivity index (χ1) is 16.6. The summed E-state index contributed by atoms with van der Waals surface area (Å²) in [4.78, 5) is 36.6. The van der Waals surface area contributed by atoms with Gasteiger partial charge in [-0.1, -0.05) is 43.3 Å². The molecule has 2 aliphatic rings. The van der Waals surface area contributed by atoms with E-state index in [2.05, 4.69) is 31.2 Å². The van der Waals surface area contributed by atoms with Crippen molar-refractivity contribution in [2.24, 2.45) is 4.99 Å². The predicted octanol–water partition coefficient (Wildman–Crippen LogP) is 5.65. The van der Waals surface area contributed by atoms with E-state index in [0.29, 0.717) is 37.5 Å². The lowest BCUT2D eigenvalue weighted by Gasteiger charge is -2.34. The number of fused-ring (bicyclic) bond motifs is 2. The van der Waals surface area contributed by atoms with Crippen molar-refractivity contribution < 1.29 is 14.0 Å². The highest BCUT2D eigenvalue weighted by molar-refractivity contribution is 7.99. The monoisotopic (exact) mass is 473 g/mol. The number of benzene rings is 2. The van der Waals surface area contributed by atoms with Gasteiger partial charge in [0, 0.05) is 52.8 Å². The van der Waals surface area contributed by atoms with Crippen molar-refractivity contribution in [3.05, 3.63) is 77.7 Å². The molecule has 0 spiro atoms. The Morgan fingerprint density at radius 1 is 0.941 bits per heavy atom. The molecular weight excluding hydrogens is 446 g/mol. The summed E-state index contributed by atoms with van der Waals surface area (Å²) < 4.78 is 5.23. The average molecular weight is 474 g/mol. The SMILES string of the molecule is CCCCC1=Nc2cc(C(=O)N3CCN(C(=O)c4ccco4)CC3)ccc2Sc2ccccc21. The van der Waals surface area contributed by atoms with Crippen molar-refractivity contribution in [1.29, 1.82) is 0 Å². The van der Waals surface area contributed by atoms with Crippen molar-refractivity contribution in [3.63, 3.8) is 0 Å². The van der Waals surface area contributed by atoms with E-state index in [0.717, 1.165) is 35.6 Å². The van der Waals surface area contributed by atoms with E-state index >= 15 is 0 Å². The van der Waals surface area contributed by atoms with E-state index in [9.17, 15) is 9.59 Å². The van der Waals surface area contributed by atoms with E-state index in [1.54, 1.807) is 28.8 Å². The number of unbranched alkanes of at least 4 members (excludes halogenated alkanes) is 1. The summed E-state index contributed by atoms with van der Waals surface area (Å²) in [6.07, 6.45) is 4.59. The number of rotatable bonds is 5. The predicted molar refractivity (Wildman–Crippen MR) is 133 cm³/mol. The summed E-state index contributed by atoms with van der Waals surface area (Å²) in [6.45, 7) is 4.15. The van der Waals surface area contributed by atoms with Crippen LogP contribution in [0.1, 0.15) is 52.7 Å². The minimum Gasteiger partial charge on any atom is -0.459 e. The standard InChI is InChI=1S/C27H27N3O3S/c1-2-3-8-21-20-7-4-5-10-24(20)34-25-12-11-19(18-22(25)28-21)26(31)29-13-15-30(16-14-29)27(32)23-9-6-17-33-23/h4-7,9-12,17-18H,2-3,8,13-16H2,1H3. The highest BCUT2D eigenvalue weighted by Gasteiger charge is 2.27. The number of amides is 2. The lowest BCUT2D eigenvalue weighted by Crippen LogP contribution is -2.50. The molecule has 0 atom stereocenters. The van der Waals surface area contributed by atoms with Crippen LogP contribution < -0.4 is 0 Å². The molecule has 2 amide bonds. The Labute approximate surface area is 203 Å². The smallest absolute Gasteiger partial charge is 0.289 e. The van der Waals surface area contributed by atoms with E-state index in [4.69, 9.17) is 9.41 Å². The lowest BCUT2D eigenvalue weighted by molar-refractivity contribution is 0.0518. The summed E-state index contributed by atoms with van der Waals surface area (Å²) in [6, 6.07) is 17.6. The second kappa shape index (κ2) is 9.89. The van der Waals surface area contributed by atoms with Crippen LogP contribution in [0.5, 0.6) is 0 Å². The molecule has 3 aromatic rings. The second-order valence-electron chi connectivity index (χ2n) is 8.50. The van der Waals surface area contributed by atoms with Gasteiger partial charge in [-0.15, -0.1) is 0 Å². The van der Waals surface area contributed by atoms with Crippen LogP contribution in [-0.4, -0.2) is 53.5 Å². The van der Waals surface area contributed by atoms with Gasteiger partial charge in [-0.2, -0.15) is 0 Å². The molecule has 3 heterocycles. The maximum atomic E-state index is 13.3. The van der Waals surface area contributed by atoms with Gasteiger partial charge >= 0.3 is 0 Å². The number of nitrogens with zero attached hydrogens (tertiary/aromatic N) is 3. The summed E-state index contributed by atoms with van der Waals surface area (Å²) >= 11 is 1.71. The number of aliphatic imine (C=N–C) groups is 1. The van der Waals surface area contributed by atoms with Gasteiger partial charge in [0.15, 0.2) is 5.76 Å². The Morgan fingerprint density at radius 2 is 1.71 bits per heavy atom. The van der Waals surface area contributed by atoms with Gasteiger partial charge in [-0.3, -0.25) is 14.6 Å².